The zero-order valence-electron chi connectivity index (χ0n) is 14.2. The molecule has 0 unspecified atom stereocenters. The van der Waals surface area contributed by atoms with E-state index in [2.05, 4.69) is 15.1 Å². The van der Waals surface area contributed by atoms with Gasteiger partial charge in [-0.15, -0.1) is 0 Å². The van der Waals surface area contributed by atoms with E-state index in [0.717, 1.165) is 38.5 Å². The minimum Gasteiger partial charge on any atom is -0.341 e. The summed E-state index contributed by atoms with van der Waals surface area (Å²) < 4.78 is 5.44. The van der Waals surface area contributed by atoms with Crippen LogP contribution in [0.5, 0.6) is 0 Å². The van der Waals surface area contributed by atoms with E-state index in [0.29, 0.717) is 30.5 Å². The van der Waals surface area contributed by atoms with Gasteiger partial charge in [-0.05, 0) is 37.8 Å². The van der Waals surface area contributed by atoms with E-state index in [1.54, 1.807) is 6.20 Å². The molecule has 25 heavy (non-hydrogen) atoms. The molecule has 132 valence electrons. The van der Waals surface area contributed by atoms with Crippen molar-refractivity contribution >= 4 is 5.91 Å². The average molecular weight is 341 g/mol. The fourth-order valence-electron chi connectivity index (χ4n) is 3.86. The maximum Gasteiger partial charge on any atom is 0.242 e. The highest BCUT2D eigenvalue weighted by Gasteiger charge is 2.41. The summed E-state index contributed by atoms with van der Waals surface area (Å²) in [5.41, 5.74) is 6.38. The number of amides is 1. The number of likely N-dealkylation sites (tertiary alicyclic amines) is 1. The normalized spacial score (nSPS) is 20.8. The first kappa shape index (κ1) is 16.2. The molecule has 1 saturated heterocycles. The van der Waals surface area contributed by atoms with Gasteiger partial charge in [0.1, 0.15) is 5.69 Å². The molecule has 0 bridgehead atoms. The molecule has 1 saturated carbocycles. The molecule has 2 aromatic heterocycles. The lowest BCUT2D eigenvalue weighted by Crippen LogP contribution is -2.55. The van der Waals surface area contributed by atoms with Gasteiger partial charge in [0.2, 0.25) is 17.6 Å². The zero-order chi connectivity index (χ0) is 17.3. The highest BCUT2D eigenvalue weighted by Crippen LogP contribution is 2.33. The third-order valence-corrected chi connectivity index (χ3v) is 5.39. The van der Waals surface area contributed by atoms with Gasteiger partial charge in [-0.3, -0.25) is 9.78 Å². The highest BCUT2D eigenvalue weighted by molar-refractivity contribution is 5.86. The van der Waals surface area contributed by atoms with Crippen LogP contribution < -0.4 is 5.73 Å². The minimum absolute atomic E-state index is 0.114. The number of carbonyl (C=O) groups is 1. The van der Waals surface area contributed by atoms with Gasteiger partial charge in [-0.2, -0.15) is 4.98 Å². The van der Waals surface area contributed by atoms with Crippen molar-refractivity contribution in [2.45, 2.75) is 50.0 Å². The van der Waals surface area contributed by atoms with Gasteiger partial charge in [0.05, 0.1) is 5.54 Å². The van der Waals surface area contributed by atoms with E-state index < -0.39 is 5.54 Å². The van der Waals surface area contributed by atoms with Gasteiger partial charge in [0.25, 0.3) is 0 Å². The summed E-state index contributed by atoms with van der Waals surface area (Å²) >= 11 is 0. The molecule has 2 aliphatic rings. The first-order valence-corrected chi connectivity index (χ1v) is 8.99. The van der Waals surface area contributed by atoms with Crippen LogP contribution in [0.25, 0.3) is 11.5 Å². The van der Waals surface area contributed by atoms with Crippen LogP contribution in [0, 0.1) is 0 Å². The Morgan fingerprint density at radius 2 is 2.00 bits per heavy atom. The Bertz CT molecular complexity index is 731. The van der Waals surface area contributed by atoms with Crippen LogP contribution in [0.3, 0.4) is 0 Å². The second-order valence-corrected chi connectivity index (χ2v) is 7.10. The summed E-state index contributed by atoms with van der Waals surface area (Å²) in [5, 5.41) is 4.04. The van der Waals surface area contributed by atoms with Gasteiger partial charge < -0.3 is 15.2 Å². The SMILES string of the molecule is NC1(C(=O)N2CCC(c3nc(-c4ccccn4)no3)CC2)CCCC1. The van der Waals surface area contributed by atoms with Gasteiger partial charge in [0, 0.05) is 25.2 Å². The van der Waals surface area contributed by atoms with Crippen LogP contribution in [0.1, 0.15) is 50.3 Å². The van der Waals surface area contributed by atoms with E-state index in [1.807, 2.05) is 23.1 Å². The lowest BCUT2D eigenvalue weighted by atomic mass is 9.92. The van der Waals surface area contributed by atoms with Crippen molar-refractivity contribution in [3.05, 3.63) is 30.3 Å². The maximum atomic E-state index is 12.7. The van der Waals surface area contributed by atoms with Gasteiger partial charge in [0.15, 0.2) is 0 Å². The topological polar surface area (TPSA) is 98.1 Å². The van der Waals surface area contributed by atoms with Crippen molar-refractivity contribution in [1.82, 2.24) is 20.0 Å². The molecule has 2 aromatic rings. The molecule has 4 rings (SSSR count). The van der Waals surface area contributed by atoms with Crippen LogP contribution in [0.2, 0.25) is 0 Å². The van der Waals surface area contributed by atoms with Gasteiger partial charge in [-0.25, -0.2) is 0 Å². The third kappa shape index (κ3) is 3.16. The van der Waals surface area contributed by atoms with Crippen LogP contribution in [0.15, 0.2) is 28.9 Å². The summed E-state index contributed by atoms with van der Waals surface area (Å²) in [5.74, 6) is 1.45. The van der Waals surface area contributed by atoms with Crippen molar-refractivity contribution in [2.24, 2.45) is 5.73 Å². The molecule has 0 atom stereocenters. The van der Waals surface area contributed by atoms with Crippen LogP contribution in [0.4, 0.5) is 0 Å². The number of aromatic nitrogens is 3. The first-order valence-electron chi connectivity index (χ1n) is 8.99. The number of hydrogen-bond donors (Lipinski definition) is 1. The summed E-state index contributed by atoms with van der Waals surface area (Å²) in [6.07, 6.45) is 7.08. The summed E-state index contributed by atoms with van der Waals surface area (Å²) in [6, 6.07) is 5.61. The zero-order valence-corrected chi connectivity index (χ0v) is 14.2. The molecular formula is C18H23N5O2. The van der Waals surface area contributed by atoms with Crippen molar-refractivity contribution in [1.29, 1.82) is 0 Å². The first-order chi connectivity index (χ1) is 12.2. The molecule has 7 heteroatoms. The van der Waals surface area contributed by atoms with Gasteiger partial charge in [-0.1, -0.05) is 24.1 Å². The Balaban J connectivity index is 1.39. The molecule has 0 aromatic carbocycles. The fraction of sp³-hybridized carbons (Fsp3) is 0.556. The molecule has 1 aliphatic heterocycles. The second kappa shape index (κ2) is 6.55. The average Bonchev–Trinajstić information content (AvgIpc) is 3.32. The number of pyridine rings is 1. The Labute approximate surface area is 146 Å². The molecule has 1 amide bonds. The quantitative estimate of drug-likeness (QED) is 0.918. The molecule has 1 aliphatic carbocycles. The molecular weight excluding hydrogens is 318 g/mol. The van der Waals surface area contributed by atoms with Crippen molar-refractivity contribution in [3.8, 4) is 11.5 Å². The Hall–Kier alpha value is -2.28. The summed E-state index contributed by atoms with van der Waals surface area (Å²) in [6.45, 7) is 1.40. The Morgan fingerprint density at radius 1 is 1.24 bits per heavy atom. The Kier molecular flexibility index (Phi) is 4.25. The minimum atomic E-state index is -0.635. The van der Waals surface area contributed by atoms with E-state index in [1.165, 1.54) is 0 Å². The Morgan fingerprint density at radius 3 is 2.68 bits per heavy atom. The number of carbonyl (C=O) groups excluding carboxylic acids is 1. The molecule has 0 spiro atoms. The lowest BCUT2D eigenvalue weighted by molar-refractivity contribution is -0.138. The smallest absolute Gasteiger partial charge is 0.242 e. The molecule has 0 radical (unpaired) electrons. The molecule has 2 N–H and O–H groups in total. The van der Waals surface area contributed by atoms with Crippen LogP contribution >= 0.6 is 0 Å². The largest absolute Gasteiger partial charge is 0.341 e. The number of rotatable bonds is 3. The van der Waals surface area contributed by atoms with Crippen LogP contribution in [-0.4, -0.2) is 44.6 Å². The predicted octanol–water partition coefficient (Wildman–Crippen LogP) is 2.11. The van der Waals surface area contributed by atoms with Crippen molar-refractivity contribution < 1.29 is 9.32 Å². The van der Waals surface area contributed by atoms with Gasteiger partial charge >= 0.3 is 0 Å². The fourth-order valence-corrected chi connectivity index (χ4v) is 3.86. The number of nitrogens with zero attached hydrogens (tertiary/aromatic N) is 4. The predicted molar refractivity (Wildman–Crippen MR) is 91.5 cm³/mol. The molecule has 3 heterocycles. The number of piperidine rings is 1. The monoisotopic (exact) mass is 341 g/mol. The third-order valence-electron chi connectivity index (χ3n) is 5.39. The van der Waals surface area contributed by atoms with Crippen molar-refractivity contribution in [2.75, 3.05) is 13.1 Å². The maximum absolute atomic E-state index is 12.7. The lowest BCUT2D eigenvalue weighted by Gasteiger charge is -2.35. The van der Waals surface area contributed by atoms with Crippen LogP contribution in [-0.2, 0) is 4.79 Å². The van der Waals surface area contributed by atoms with Crippen molar-refractivity contribution in [3.63, 3.8) is 0 Å². The number of hydrogen-bond acceptors (Lipinski definition) is 6. The molecule has 7 nitrogen and oxygen atoms in total. The van der Waals surface area contributed by atoms with E-state index in [9.17, 15) is 4.79 Å². The summed E-state index contributed by atoms with van der Waals surface area (Å²) in [4.78, 5) is 23.3. The standard InChI is InChI=1S/C18H23N5O2/c19-18(8-2-3-9-18)17(24)23-11-6-13(7-12-23)16-21-15(22-25-16)14-5-1-4-10-20-14/h1,4-5,10,13H,2-3,6-9,11-12,19H2. The van der Waals surface area contributed by atoms with E-state index in [4.69, 9.17) is 10.3 Å². The molecule has 2 fully saturated rings. The number of nitrogens with two attached hydrogens (primary N) is 1. The van der Waals surface area contributed by atoms with E-state index >= 15 is 0 Å². The second-order valence-electron chi connectivity index (χ2n) is 7.10. The van der Waals surface area contributed by atoms with E-state index in [-0.39, 0.29) is 11.8 Å². The highest BCUT2D eigenvalue weighted by atomic mass is 16.5. The summed E-state index contributed by atoms with van der Waals surface area (Å²) in [7, 11) is 0.